The summed E-state index contributed by atoms with van der Waals surface area (Å²) in [5.41, 5.74) is 5.20. The van der Waals surface area contributed by atoms with Gasteiger partial charge in [-0.3, -0.25) is 0 Å². The van der Waals surface area contributed by atoms with Crippen LogP contribution in [0.4, 0.5) is 0 Å². The molecule has 0 radical (unpaired) electrons. The van der Waals surface area contributed by atoms with Crippen LogP contribution in [0.2, 0.25) is 0 Å². The molecule has 0 spiro atoms. The van der Waals surface area contributed by atoms with Crippen LogP contribution in [0.25, 0.3) is 0 Å². The van der Waals surface area contributed by atoms with Crippen LogP contribution in [-0.4, -0.2) is 16.2 Å². The van der Waals surface area contributed by atoms with Crippen molar-refractivity contribution in [3.8, 4) is 0 Å². The zero-order chi connectivity index (χ0) is 5.86. The van der Waals surface area contributed by atoms with Gasteiger partial charge in [-0.05, 0) is 5.20 Å². The van der Waals surface area contributed by atoms with E-state index in [1.807, 2.05) is 0 Å². The molecule has 0 aromatic heterocycles. The quantitative estimate of drug-likeness (QED) is 0.256. The van der Waals surface area contributed by atoms with E-state index in [4.69, 9.17) is 5.73 Å². The molecule has 2 nitrogen and oxygen atoms in total. The molecule has 0 fully saturated rings. The summed E-state index contributed by atoms with van der Waals surface area (Å²) in [7, 11) is 0.743. The molecule has 0 amide bonds. The highest BCUT2D eigenvalue weighted by atomic mass is 28.1. The van der Waals surface area contributed by atoms with Gasteiger partial charge in [0.15, 0.2) is 0 Å². The first-order chi connectivity index (χ1) is 3.18. The molecule has 0 aliphatic rings. The van der Waals surface area contributed by atoms with E-state index in [0.29, 0.717) is 5.20 Å². The molecule has 0 aliphatic carbocycles. The highest BCUT2D eigenvalue weighted by molar-refractivity contribution is 6.24. The lowest BCUT2D eigenvalue weighted by Crippen LogP contribution is -1.99. The van der Waals surface area contributed by atoms with Gasteiger partial charge in [0.2, 0.25) is 0 Å². The average molecular weight is 113 g/mol. The highest BCUT2D eigenvalue weighted by Crippen LogP contribution is 1.84. The van der Waals surface area contributed by atoms with Crippen LogP contribution in [0.15, 0.2) is 17.5 Å². The predicted octanol–water partition coefficient (Wildman–Crippen LogP) is -1.46. The Kier molecular flexibility index (Phi) is 2.12. The van der Waals surface area contributed by atoms with Gasteiger partial charge in [0.05, 0.1) is 0 Å². The summed E-state index contributed by atoms with van der Waals surface area (Å²) in [6, 6.07) is 0. The molecular weight excluding hydrogens is 106 g/mol. The van der Waals surface area contributed by atoms with Crippen molar-refractivity contribution >= 4 is 16.2 Å². The summed E-state index contributed by atoms with van der Waals surface area (Å²) in [5.74, 6) is 1.54. The lowest BCUT2D eigenvalue weighted by molar-refractivity contribution is 0.567. The van der Waals surface area contributed by atoms with E-state index in [9.17, 15) is 4.79 Å². The van der Waals surface area contributed by atoms with E-state index >= 15 is 0 Å². The summed E-state index contributed by atoms with van der Waals surface area (Å²) in [5, 5.41) is 0.704. The Morgan fingerprint density at radius 2 is 2.29 bits per heavy atom. The zero-order valence-corrected chi connectivity index (χ0v) is 6.19. The summed E-state index contributed by atoms with van der Waals surface area (Å²) in [6.07, 6.45) is 0. The molecule has 0 atom stereocenters. The topological polar surface area (TPSA) is 43.1 Å². The van der Waals surface area contributed by atoms with E-state index < -0.39 is 0 Å². The highest BCUT2D eigenvalue weighted by Gasteiger charge is 1.84. The zero-order valence-electron chi connectivity index (χ0n) is 4.19. The summed E-state index contributed by atoms with van der Waals surface area (Å²) in [4.78, 5) is 9.62. The molecule has 0 saturated carbocycles. The third-order valence-corrected chi connectivity index (χ3v) is 1.11. The maximum atomic E-state index is 9.62. The van der Waals surface area contributed by atoms with Gasteiger partial charge < -0.3 is 5.73 Å². The monoisotopic (exact) mass is 113 g/mol. The van der Waals surface area contributed by atoms with E-state index in [2.05, 4.69) is 6.58 Å². The molecule has 7 heavy (non-hydrogen) atoms. The fourth-order valence-corrected chi connectivity index (χ4v) is 0.189. The Morgan fingerprint density at radius 3 is 2.29 bits per heavy atom. The molecule has 0 heterocycles. The predicted molar refractivity (Wildman–Crippen MR) is 32.5 cm³/mol. The van der Waals surface area contributed by atoms with Gasteiger partial charge in [-0.15, -0.1) is 0 Å². The molecule has 0 aromatic rings. The van der Waals surface area contributed by atoms with E-state index in [1.165, 1.54) is 0 Å². The van der Waals surface area contributed by atoms with Crippen molar-refractivity contribution in [3.05, 3.63) is 17.5 Å². The van der Waals surface area contributed by atoms with E-state index in [0.717, 1.165) is 10.2 Å². The minimum absolute atomic E-state index is 0.159. The molecule has 0 aromatic carbocycles. The SMILES string of the molecule is C=C([SiH3])C(N)=C=O. The molecule has 3 heteroatoms. The molecule has 38 valence electrons. The second-order valence-electron chi connectivity index (χ2n) is 1.30. The smallest absolute Gasteiger partial charge is 0.149 e. The Bertz CT molecular complexity index is 135. The molecule has 0 rings (SSSR count). The fraction of sp³-hybridized carbons (Fsp3) is 0. The number of rotatable bonds is 1. The van der Waals surface area contributed by atoms with Crippen molar-refractivity contribution in [2.45, 2.75) is 0 Å². The average Bonchev–Trinajstić information content (AvgIpc) is 1.65. The van der Waals surface area contributed by atoms with Crippen LogP contribution in [0, 0.1) is 0 Å². The normalized spacial score (nSPS) is 7.43. The molecular formula is C4H7NOSi. The van der Waals surface area contributed by atoms with Crippen molar-refractivity contribution in [1.82, 2.24) is 0 Å². The van der Waals surface area contributed by atoms with Gasteiger partial charge >= 0.3 is 0 Å². The van der Waals surface area contributed by atoms with Gasteiger partial charge in [0.25, 0.3) is 0 Å². The number of carbonyl (C=O) groups excluding carboxylic acids is 1. The maximum Gasteiger partial charge on any atom is 0.149 e. The van der Waals surface area contributed by atoms with Crippen LogP contribution in [-0.2, 0) is 4.79 Å². The van der Waals surface area contributed by atoms with Crippen molar-refractivity contribution in [2.75, 3.05) is 0 Å². The summed E-state index contributed by atoms with van der Waals surface area (Å²) < 4.78 is 0. The Labute approximate surface area is 45.1 Å². The minimum atomic E-state index is 0.159. The van der Waals surface area contributed by atoms with Gasteiger partial charge in [0, 0.05) is 10.2 Å². The standard InChI is InChI=1S/C4H7NOSi/c1-3(7)4(5)2-6/h1,5H2,7H3. The third-order valence-electron chi connectivity index (χ3n) is 0.570. The largest absolute Gasteiger partial charge is 0.390 e. The number of nitrogens with two attached hydrogens (primary N) is 1. The van der Waals surface area contributed by atoms with E-state index in [1.54, 1.807) is 5.94 Å². The molecule has 0 unspecified atom stereocenters. The first-order valence-corrected chi connectivity index (χ1v) is 2.85. The number of hydrogen-bond donors (Lipinski definition) is 1. The van der Waals surface area contributed by atoms with Crippen LogP contribution in [0.5, 0.6) is 0 Å². The molecule has 2 N–H and O–H groups in total. The second-order valence-corrected chi connectivity index (χ2v) is 2.50. The maximum absolute atomic E-state index is 9.62. The van der Waals surface area contributed by atoms with Crippen LogP contribution < -0.4 is 5.73 Å². The van der Waals surface area contributed by atoms with Crippen molar-refractivity contribution in [1.29, 1.82) is 0 Å². The summed E-state index contributed by atoms with van der Waals surface area (Å²) in [6.45, 7) is 3.46. The fourth-order valence-electron chi connectivity index (χ4n) is 0.0871. The lowest BCUT2D eigenvalue weighted by atomic mass is 10.5. The lowest BCUT2D eigenvalue weighted by Gasteiger charge is -1.86. The van der Waals surface area contributed by atoms with Gasteiger partial charge in [0.1, 0.15) is 11.6 Å². The van der Waals surface area contributed by atoms with Crippen molar-refractivity contribution in [2.24, 2.45) is 5.73 Å². The first kappa shape index (κ1) is 6.21. The molecule has 0 aliphatic heterocycles. The van der Waals surface area contributed by atoms with Crippen LogP contribution in [0.3, 0.4) is 0 Å². The third kappa shape index (κ3) is 1.98. The number of hydrogen-bond acceptors (Lipinski definition) is 2. The van der Waals surface area contributed by atoms with Crippen LogP contribution >= 0.6 is 0 Å². The van der Waals surface area contributed by atoms with Crippen molar-refractivity contribution in [3.63, 3.8) is 0 Å². The molecule has 0 saturated heterocycles. The van der Waals surface area contributed by atoms with Gasteiger partial charge in [-0.1, -0.05) is 6.58 Å². The number of allylic oxidation sites excluding steroid dienone is 1. The Hall–Kier alpha value is -0.793. The Balaban J connectivity index is 4.10. The summed E-state index contributed by atoms with van der Waals surface area (Å²) >= 11 is 0. The van der Waals surface area contributed by atoms with Gasteiger partial charge in [-0.2, -0.15) is 0 Å². The Morgan fingerprint density at radius 1 is 1.86 bits per heavy atom. The van der Waals surface area contributed by atoms with E-state index in [-0.39, 0.29) is 5.70 Å². The van der Waals surface area contributed by atoms with Crippen molar-refractivity contribution < 1.29 is 4.79 Å². The van der Waals surface area contributed by atoms with Gasteiger partial charge in [-0.25, -0.2) is 4.79 Å². The first-order valence-electron chi connectivity index (χ1n) is 1.85. The minimum Gasteiger partial charge on any atom is -0.390 e. The second kappa shape index (κ2) is 2.39. The van der Waals surface area contributed by atoms with Crippen LogP contribution in [0.1, 0.15) is 0 Å². The molecule has 0 bridgehead atoms.